The molecule has 40 heavy (non-hydrogen) atoms. The number of hydrogen-bond donors (Lipinski definition) is 2. The second-order valence-corrected chi connectivity index (χ2v) is 8.54. The van der Waals surface area contributed by atoms with Gasteiger partial charge in [0.25, 0.3) is 5.24 Å². The number of fused-ring (bicyclic) bond motifs is 12. The van der Waals surface area contributed by atoms with E-state index >= 15 is 0 Å². The fourth-order valence-corrected chi connectivity index (χ4v) is 3.51. The van der Waals surface area contributed by atoms with Crippen LogP contribution >= 0.6 is 11.6 Å². The standard InChI is InChI=1S/C25H25ClF3N5O6/c26-21(35)19-6-3-17-13-20(19)39-12-10-37-8-7-36-9-11-38-18-4-1-16(2-5-18)14-30-22-32-23(31-17)34-24(33-22)40-15-25(27,28)29/h1-6,13H,7-12,14-15H2,(H2,30,31,32,33,34). The number of halogens is 4. The van der Waals surface area contributed by atoms with Crippen molar-refractivity contribution >= 4 is 34.4 Å². The monoisotopic (exact) mass is 583 g/mol. The van der Waals surface area contributed by atoms with Crippen molar-refractivity contribution < 1.29 is 41.7 Å². The molecule has 2 aliphatic rings. The Bertz CT molecular complexity index is 1280. The van der Waals surface area contributed by atoms with Crippen molar-refractivity contribution in [1.82, 2.24) is 15.0 Å². The van der Waals surface area contributed by atoms with Crippen molar-refractivity contribution in [3.05, 3.63) is 53.6 Å². The zero-order chi connectivity index (χ0) is 28.4. The number of anilines is 3. The Hall–Kier alpha value is -3.88. The van der Waals surface area contributed by atoms with Crippen LogP contribution in [0.1, 0.15) is 15.9 Å². The molecule has 0 amide bonds. The van der Waals surface area contributed by atoms with Crippen LogP contribution in [0, 0.1) is 0 Å². The summed E-state index contributed by atoms with van der Waals surface area (Å²) in [5.41, 5.74) is 1.30. The number of carbonyl (C=O) groups excluding carboxylic acids is 1. The zero-order valence-corrected chi connectivity index (χ0v) is 21.8. The van der Waals surface area contributed by atoms with Gasteiger partial charge in [-0.25, -0.2) is 0 Å². The Morgan fingerprint density at radius 2 is 1.57 bits per heavy atom. The first kappa shape index (κ1) is 29.1. The second-order valence-electron chi connectivity index (χ2n) is 8.20. The number of aromatic nitrogens is 3. The van der Waals surface area contributed by atoms with Crippen molar-refractivity contribution in [2.45, 2.75) is 12.7 Å². The molecule has 0 radical (unpaired) electrons. The minimum Gasteiger partial charge on any atom is -0.491 e. The topological polar surface area (TPSA) is 126 Å². The van der Waals surface area contributed by atoms with Gasteiger partial charge >= 0.3 is 12.2 Å². The van der Waals surface area contributed by atoms with Crippen LogP contribution in [0.4, 0.5) is 30.8 Å². The molecule has 0 saturated heterocycles. The van der Waals surface area contributed by atoms with Crippen molar-refractivity contribution in [2.24, 2.45) is 0 Å². The third kappa shape index (κ3) is 9.39. The molecule has 3 heterocycles. The maximum Gasteiger partial charge on any atom is 0.422 e. The van der Waals surface area contributed by atoms with Gasteiger partial charge in [0, 0.05) is 18.3 Å². The van der Waals surface area contributed by atoms with Crippen LogP contribution < -0.4 is 24.8 Å². The van der Waals surface area contributed by atoms with E-state index < -0.39 is 24.0 Å². The molecule has 2 aliphatic heterocycles. The quantitative estimate of drug-likeness (QED) is 0.337. The number of rotatable bonds is 3. The highest BCUT2D eigenvalue weighted by atomic mass is 35.5. The Kier molecular flexibility index (Phi) is 10.2. The van der Waals surface area contributed by atoms with Gasteiger partial charge in [-0.2, -0.15) is 28.1 Å². The van der Waals surface area contributed by atoms with Gasteiger partial charge < -0.3 is 34.3 Å². The number of ether oxygens (including phenoxy) is 5. The van der Waals surface area contributed by atoms with Crippen LogP contribution in [0.2, 0.25) is 0 Å². The maximum atomic E-state index is 12.8. The van der Waals surface area contributed by atoms with Crippen LogP contribution in [0.3, 0.4) is 0 Å². The van der Waals surface area contributed by atoms with Gasteiger partial charge in [-0.1, -0.05) is 12.1 Å². The lowest BCUT2D eigenvalue weighted by atomic mass is 10.2. The van der Waals surface area contributed by atoms with E-state index in [1.807, 2.05) is 12.1 Å². The minimum atomic E-state index is -4.59. The van der Waals surface area contributed by atoms with Crippen molar-refractivity contribution in [3.63, 3.8) is 0 Å². The van der Waals surface area contributed by atoms with E-state index in [1.54, 1.807) is 12.1 Å². The normalized spacial score (nSPS) is 15.1. The summed E-state index contributed by atoms with van der Waals surface area (Å²) in [6.07, 6.45) is -4.59. The Morgan fingerprint density at radius 3 is 2.27 bits per heavy atom. The Labute approximate surface area is 231 Å². The van der Waals surface area contributed by atoms with Gasteiger partial charge in [-0.15, -0.1) is 0 Å². The lowest BCUT2D eigenvalue weighted by Crippen LogP contribution is -2.21. The predicted octanol–water partition coefficient (Wildman–Crippen LogP) is 4.35. The van der Waals surface area contributed by atoms with E-state index in [1.165, 1.54) is 18.2 Å². The highest BCUT2D eigenvalue weighted by molar-refractivity contribution is 6.68. The van der Waals surface area contributed by atoms with Crippen LogP contribution in [0.25, 0.3) is 0 Å². The molecular weight excluding hydrogens is 559 g/mol. The van der Waals surface area contributed by atoms with Gasteiger partial charge in [-0.05, 0) is 41.4 Å². The van der Waals surface area contributed by atoms with Crippen LogP contribution in [0.15, 0.2) is 42.5 Å². The molecular formula is C25H25ClF3N5O6. The third-order valence-corrected chi connectivity index (χ3v) is 5.36. The largest absolute Gasteiger partial charge is 0.491 e. The Balaban J connectivity index is 1.60. The van der Waals surface area contributed by atoms with Crippen LogP contribution in [0.5, 0.6) is 17.5 Å². The first-order valence-electron chi connectivity index (χ1n) is 12.1. The van der Waals surface area contributed by atoms with E-state index in [-0.39, 0.29) is 43.0 Å². The summed E-state index contributed by atoms with van der Waals surface area (Å²) in [4.78, 5) is 24.0. The molecule has 11 nitrogen and oxygen atoms in total. The molecule has 0 saturated carbocycles. The molecule has 1 aromatic heterocycles. The summed E-state index contributed by atoms with van der Waals surface area (Å²) in [6.45, 7) is 0.370. The van der Waals surface area contributed by atoms with Gasteiger partial charge in [0.05, 0.1) is 32.0 Å². The van der Waals surface area contributed by atoms with E-state index in [4.69, 9.17) is 35.3 Å². The van der Waals surface area contributed by atoms with Gasteiger partial charge in [-0.3, -0.25) is 4.79 Å². The molecule has 15 heteroatoms. The van der Waals surface area contributed by atoms with Crippen molar-refractivity contribution in [3.8, 4) is 17.5 Å². The highest BCUT2D eigenvalue weighted by Crippen LogP contribution is 2.27. The molecule has 0 unspecified atom stereocenters. The summed E-state index contributed by atoms with van der Waals surface area (Å²) in [5.74, 6) is 0.651. The number of alkyl halides is 3. The second kappa shape index (κ2) is 14.0. The van der Waals surface area contributed by atoms with Crippen LogP contribution in [-0.2, 0) is 16.0 Å². The van der Waals surface area contributed by atoms with E-state index in [0.29, 0.717) is 37.9 Å². The average molecular weight is 584 g/mol. The number of nitrogens with one attached hydrogen (secondary N) is 2. The maximum absolute atomic E-state index is 12.8. The number of hydrogen-bond acceptors (Lipinski definition) is 11. The smallest absolute Gasteiger partial charge is 0.422 e. The van der Waals surface area contributed by atoms with E-state index in [0.717, 1.165) is 5.56 Å². The molecule has 3 aromatic rings. The molecule has 2 aromatic carbocycles. The third-order valence-electron chi connectivity index (χ3n) is 5.16. The summed E-state index contributed by atoms with van der Waals surface area (Å²) in [5, 5.41) is 5.08. The summed E-state index contributed by atoms with van der Waals surface area (Å²) >= 11 is 5.69. The molecule has 5 rings (SSSR count). The summed E-state index contributed by atoms with van der Waals surface area (Å²) < 4.78 is 65.4. The lowest BCUT2D eigenvalue weighted by Gasteiger charge is -2.14. The number of nitrogens with zero attached hydrogens (tertiary/aromatic N) is 3. The predicted molar refractivity (Wildman–Crippen MR) is 138 cm³/mol. The zero-order valence-electron chi connectivity index (χ0n) is 21.0. The number of carbonyl (C=O) groups is 1. The molecule has 0 spiro atoms. The van der Waals surface area contributed by atoms with Gasteiger partial charge in [0.1, 0.15) is 24.7 Å². The van der Waals surface area contributed by atoms with E-state index in [9.17, 15) is 18.0 Å². The molecule has 0 fully saturated rings. The van der Waals surface area contributed by atoms with E-state index in [2.05, 4.69) is 25.6 Å². The summed E-state index contributed by atoms with van der Waals surface area (Å²) in [6, 6.07) is 11.1. The molecule has 0 atom stereocenters. The number of benzene rings is 2. The first-order chi connectivity index (χ1) is 19.2. The summed E-state index contributed by atoms with van der Waals surface area (Å²) in [7, 11) is 0. The fourth-order valence-electron chi connectivity index (χ4n) is 3.35. The molecule has 0 aliphatic carbocycles. The lowest BCUT2D eigenvalue weighted by molar-refractivity contribution is -0.154. The SMILES string of the molecule is O=C(Cl)c1ccc2cc1OCCOCCOCCOc1ccc(cc1)CNc1nc(nc(OCC(F)(F)F)n1)N2. The highest BCUT2D eigenvalue weighted by Gasteiger charge is 2.29. The average Bonchev–Trinajstić information content (AvgIpc) is 2.91. The van der Waals surface area contributed by atoms with Gasteiger partial charge in [0.15, 0.2) is 6.61 Å². The fraction of sp³-hybridized carbons (Fsp3) is 0.360. The molecule has 6 bridgehead atoms. The molecule has 2 N–H and O–H groups in total. The van der Waals surface area contributed by atoms with Crippen molar-refractivity contribution in [2.75, 3.05) is 56.9 Å². The van der Waals surface area contributed by atoms with Crippen LogP contribution in [-0.4, -0.2) is 72.6 Å². The van der Waals surface area contributed by atoms with Gasteiger partial charge in [0.2, 0.25) is 11.9 Å². The van der Waals surface area contributed by atoms with Crippen molar-refractivity contribution in [1.29, 1.82) is 0 Å². The first-order valence-corrected chi connectivity index (χ1v) is 12.4. The Morgan fingerprint density at radius 1 is 0.900 bits per heavy atom. The minimum absolute atomic E-state index is 0.0354. The molecule has 214 valence electrons.